The molecule has 0 bridgehead atoms. The molecule has 0 fully saturated rings. The Morgan fingerprint density at radius 1 is 0.950 bits per heavy atom. The number of ether oxygens (including phenoxy) is 1. The summed E-state index contributed by atoms with van der Waals surface area (Å²) >= 11 is 5.92. The van der Waals surface area contributed by atoms with E-state index >= 15 is 0 Å². The van der Waals surface area contributed by atoms with Gasteiger partial charge in [0.05, 0.1) is 17.8 Å². The Morgan fingerprint density at radius 3 is 2.38 bits per heavy atom. The zero-order chi connectivity index (χ0) is 28.1. The molecule has 8 nitrogen and oxygen atoms in total. The van der Waals surface area contributed by atoms with E-state index < -0.39 is 11.9 Å². The van der Waals surface area contributed by atoms with Gasteiger partial charge in [0.25, 0.3) is 5.91 Å². The van der Waals surface area contributed by atoms with Crippen LogP contribution in [0.15, 0.2) is 113 Å². The van der Waals surface area contributed by atoms with Gasteiger partial charge in [0.15, 0.2) is 0 Å². The fourth-order valence-electron chi connectivity index (χ4n) is 4.35. The summed E-state index contributed by atoms with van der Waals surface area (Å²) in [6.45, 7) is 0.650. The Hall–Kier alpha value is -4.95. The number of nitrogens with two attached hydrogens (primary N) is 1. The van der Waals surface area contributed by atoms with Crippen molar-refractivity contribution in [1.29, 1.82) is 0 Å². The fraction of sp³-hybridized carbons (Fsp3) is 0.0968. The number of hydrogen-bond acceptors (Lipinski definition) is 4. The van der Waals surface area contributed by atoms with Crippen molar-refractivity contribution < 1.29 is 19.4 Å². The van der Waals surface area contributed by atoms with E-state index in [9.17, 15) is 14.7 Å². The average molecular weight is 553 g/mol. The number of aliphatic imine (C=N–C) groups is 1. The number of carboxylic acid groups (broad SMARTS) is 1. The second-order valence-corrected chi connectivity index (χ2v) is 9.57. The summed E-state index contributed by atoms with van der Waals surface area (Å²) in [5.41, 5.74) is 10.3. The molecule has 0 aliphatic carbocycles. The van der Waals surface area contributed by atoms with Gasteiger partial charge in [-0.1, -0.05) is 54.1 Å². The standard InChI is InChI=1S/C31H25ClN4O4/c32-25-13-9-23(10-14-25)29(37)34-31(33)36-18-27(21-6-2-1-3-7-21)28(35-36)22-11-15-26(16-12-22)40-19-20-5-4-8-24(17-20)30(38)39/h1-17,27H,18-19H2,(H,38,39)(H2,33,34,37). The maximum absolute atomic E-state index is 12.7. The van der Waals surface area contributed by atoms with Crippen LogP contribution in [0.2, 0.25) is 5.02 Å². The minimum absolute atomic E-state index is 0.000532. The molecule has 0 saturated heterocycles. The second kappa shape index (κ2) is 11.8. The lowest BCUT2D eigenvalue weighted by molar-refractivity contribution is 0.0696. The van der Waals surface area contributed by atoms with Gasteiger partial charge in [-0.05, 0) is 77.4 Å². The average Bonchev–Trinajstić information content (AvgIpc) is 3.43. The molecule has 1 atom stereocenters. The molecule has 5 rings (SSSR count). The van der Waals surface area contributed by atoms with Gasteiger partial charge < -0.3 is 15.6 Å². The lowest BCUT2D eigenvalue weighted by Gasteiger charge is -2.15. The van der Waals surface area contributed by atoms with Gasteiger partial charge >= 0.3 is 5.97 Å². The first kappa shape index (κ1) is 26.6. The van der Waals surface area contributed by atoms with E-state index in [1.807, 2.05) is 60.7 Å². The SMILES string of the molecule is NC(=NC(=O)c1ccc(Cl)cc1)N1CC(c2ccccc2)C(c2ccc(OCc3cccc(C(=O)O)c3)cc2)=N1. The van der Waals surface area contributed by atoms with Crippen molar-refractivity contribution in [2.24, 2.45) is 15.8 Å². The highest BCUT2D eigenvalue weighted by Crippen LogP contribution is 2.29. The number of amides is 1. The lowest BCUT2D eigenvalue weighted by atomic mass is 9.90. The Morgan fingerprint density at radius 2 is 1.68 bits per heavy atom. The van der Waals surface area contributed by atoms with E-state index in [2.05, 4.69) is 4.99 Å². The first-order valence-corrected chi connectivity index (χ1v) is 12.9. The molecule has 200 valence electrons. The summed E-state index contributed by atoms with van der Waals surface area (Å²) in [4.78, 5) is 27.9. The molecule has 1 aliphatic heterocycles. The van der Waals surface area contributed by atoms with E-state index in [1.54, 1.807) is 47.5 Å². The molecule has 3 N–H and O–H groups in total. The van der Waals surface area contributed by atoms with E-state index in [1.165, 1.54) is 0 Å². The predicted octanol–water partition coefficient (Wildman–Crippen LogP) is 5.58. The van der Waals surface area contributed by atoms with E-state index in [0.717, 1.165) is 22.4 Å². The largest absolute Gasteiger partial charge is 0.489 e. The van der Waals surface area contributed by atoms with Gasteiger partial charge in [0.1, 0.15) is 12.4 Å². The number of aromatic carboxylic acids is 1. The van der Waals surface area contributed by atoms with Gasteiger partial charge in [-0.3, -0.25) is 4.79 Å². The number of benzene rings is 4. The van der Waals surface area contributed by atoms with Crippen LogP contribution in [0.4, 0.5) is 0 Å². The van der Waals surface area contributed by atoms with Crippen LogP contribution in [-0.2, 0) is 6.61 Å². The van der Waals surface area contributed by atoms with Crippen molar-refractivity contribution in [3.8, 4) is 5.75 Å². The topological polar surface area (TPSA) is 118 Å². The maximum atomic E-state index is 12.7. The van der Waals surface area contributed by atoms with Crippen molar-refractivity contribution in [1.82, 2.24) is 5.01 Å². The van der Waals surface area contributed by atoms with Crippen LogP contribution in [-0.4, -0.2) is 40.2 Å². The molecular weight excluding hydrogens is 528 g/mol. The molecule has 40 heavy (non-hydrogen) atoms. The highest BCUT2D eigenvalue weighted by atomic mass is 35.5. The Labute approximate surface area is 236 Å². The van der Waals surface area contributed by atoms with Crippen LogP contribution in [0.25, 0.3) is 0 Å². The Kier molecular flexibility index (Phi) is 7.89. The summed E-state index contributed by atoms with van der Waals surface area (Å²) in [7, 11) is 0. The van der Waals surface area contributed by atoms with E-state index in [-0.39, 0.29) is 24.0 Å². The quantitative estimate of drug-likeness (QED) is 0.228. The van der Waals surface area contributed by atoms with Crippen molar-refractivity contribution in [3.63, 3.8) is 0 Å². The van der Waals surface area contributed by atoms with Gasteiger partial charge in [0.2, 0.25) is 5.96 Å². The minimum atomic E-state index is -0.981. The van der Waals surface area contributed by atoms with Gasteiger partial charge in [0, 0.05) is 16.5 Å². The molecule has 1 aliphatic rings. The van der Waals surface area contributed by atoms with Crippen LogP contribution in [0.5, 0.6) is 5.75 Å². The maximum Gasteiger partial charge on any atom is 0.335 e. The molecule has 1 amide bonds. The third-order valence-electron chi connectivity index (χ3n) is 6.42. The van der Waals surface area contributed by atoms with E-state index in [0.29, 0.717) is 22.9 Å². The summed E-state index contributed by atoms with van der Waals surface area (Å²) < 4.78 is 5.88. The number of halogens is 1. The molecule has 9 heteroatoms. The number of hydrazone groups is 1. The van der Waals surface area contributed by atoms with Gasteiger partial charge in [-0.15, -0.1) is 0 Å². The summed E-state index contributed by atoms with van der Waals surface area (Å²) in [5, 5.41) is 16.0. The molecule has 1 heterocycles. The zero-order valence-corrected chi connectivity index (χ0v) is 22.0. The summed E-state index contributed by atoms with van der Waals surface area (Å²) in [6.07, 6.45) is 0. The molecule has 0 radical (unpaired) electrons. The van der Waals surface area contributed by atoms with Crippen LogP contribution in [0, 0.1) is 0 Å². The molecule has 4 aromatic carbocycles. The number of rotatable bonds is 7. The number of hydrogen-bond donors (Lipinski definition) is 2. The summed E-state index contributed by atoms with van der Waals surface area (Å²) in [6, 6.07) is 30.5. The normalized spacial score (nSPS) is 15.0. The van der Waals surface area contributed by atoms with Crippen LogP contribution >= 0.6 is 11.6 Å². The second-order valence-electron chi connectivity index (χ2n) is 9.13. The highest BCUT2D eigenvalue weighted by Gasteiger charge is 2.31. The van der Waals surface area contributed by atoms with E-state index in [4.69, 9.17) is 27.2 Å². The third-order valence-corrected chi connectivity index (χ3v) is 6.67. The fourth-order valence-corrected chi connectivity index (χ4v) is 4.48. The van der Waals surface area contributed by atoms with Crippen molar-refractivity contribution >= 4 is 35.1 Å². The van der Waals surface area contributed by atoms with Gasteiger partial charge in [-0.25, -0.2) is 9.80 Å². The predicted molar refractivity (Wildman–Crippen MR) is 154 cm³/mol. The van der Waals surface area contributed by atoms with Crippen LogP contribution in [0.3, 0.4) is 0 Å². The number of carboxylic acids is 1. The molecule has 0 spiro atoms. The zero-order valence-electron chi connectivity index (χ0n) is 21.3. The third kappa shape index (κ3) is 6.19. The molecule has 1 unspecified atom stereocenters. The number of nitrogens with zero attached hydrogens (tertiary/aromatic N) is 3. The minimum Gasteiger partial charge on any atom is -0.489 e. The monoisotopic (exact) mass is 552 g/mol. The van der Waals surface area contributed by atoms with Gasteiger partial charge in [-0.2, -0.15) is 10.1 Å². The molecule has 4 aromatic rings. The van der Waals surface area contributed by atoms with Crippen LogP contribution < -0.4 is 10.5 Å². The first-order chi connectivity index (χ1) is 19.4. The molecule has 0 aromatic heterocycles. The van der Waals surface area contributed by atoms with Crippen molar-refractivity contribution in [2.75, 3.05) is 6.54 Å². The molecular formula is C31H25ClN4O4. The molecule has 0 saturated carbocycles. The lowest BCUT2D eigenvalue weighted by Crippen LogP contribution is -2.33. The van der Waals surface area contributed by atoms with Crippen LogP contribution in [0.1, 0.15) is 43.3 Å². The smallest absolute Gasteiger partial charge is 0.335 e. The Bertz CT molecular complexity index is 1590. The van der Waals surface area contributed by atoms with Crippen molar-refractivity contribution in [2.45, 2.75) is 12.5 Å². The summed E-state index contributed by atoms with van der Waals surface area (Å²) in [5.74, 6) is -0.939. The number of carbonyl (C=O) groups is 2. The number of guanidine groups is 1. The highest BCUT2D eigenvalue weighted by molar-refractivity contribution is 6.30. The first-order valence-electron chi connectivity index (χ1n) is 12.5. The Balaban J connectivity index is 1.36. The number of carbonyl (C=O) groups excluding carboxylic acids is 1. The van der Waals surface area contributed by atoms with Crippen molar-refractivity contribution in [3.05, 3.63) is 136 Å².